The average Bonchev–Trinajstić information content (AvgIpc) is 2.61. The molecule has 1 fully saturated rings. The standard InChI is InChI=1S/C18H22N2O3/c1-3-23-18(21)14-9-11-20(12-10-14)16-8-7-13-5-4-6-15(22-2)17(13)19-16/h4-8,14H,3,9-12H2,1-2H3. The fraction of sp³-hybridized carbons (Fsp3) is 0.444. The maximum Gasteiger partial charge on any atom is 0.309 e. The number of carbonyl (C=O) groups is 1. The summed E-state index contributed by atoms with van der Waals surface area (Å²) >= 11 is 0. The van der Waals surface area contributed by atoms with Crippen LogP contribution in [0.15, 0.2) is 30.3 Å². The van der Waals surface area contributed by atoms with Crippen LogP contribution in [-0.4, -0.2) is 37.8 Å². The molecule has 0 spiro atoms. The third-order valence-electron chi connectivity index (χ3n) is 4.33. The number of aromatic nitrogens is 1. The van der Waals surface area contributed by atoms with E-state index < -0.39 is 0 Å². The number of fused-ring (bicyclic) bond motifs is 1. The number of pyridine rings is 1. The van der Waals surface area contributed by atoms with Gasteiger partial charge in [-0.2, -0.15) is 0 Å². The van der Waals surface area contributed by atoms with Crippen molar-refractivity contribution >= 4 is 22.7 Å². The predicted octanol–water partition coefficient (Wildman–Crippen LogP) is 3.02. The second-order valence-corrected chi connectivity index (χ2v) is 5.71. The molecule has 0 saturated carbocycles. The molecule has 0 N–H and O–H groups in total. The summed E-state index contributed by atoms with van der Waals surface area (Å²) in [5.41, 5.74) is 0.875. The molecule has 0 radical (unpaired) electrons. The molecule has 1 aliphatic heterocycles. The summed E-state index contributed by atoms with van der Waals surface area (Å²) in [6.45, 7) is 3.93. The quantitative estimate of drug-likeness (QED) is 0.812. The largest absolute Gasteiger partial charge is 0.494 e. The first-order valence-corrected chi connectivity index (χ1v) is 8.08. The smallest absolute Gasteiger partial charge is 0.309 e. The first kappa shape index (κ1) is 15.6. The van der Waals surface area contributed by atoms with Crippen molar-refractivity contribution in [1.82, 2.24) is 4.98 Å². The van der Waals surface area contributed by atoms with Crippen molar-refractivity contribution in [2.75, 3.05) is 31.7 Å². The summed E-state index contributed by atoms with van der Waals surface area (Å²) in [7, 11) is 1.66. The van der Waals surface area contributed by atoms with E-state index in [1.807, 2.05) is 31.2 Å². The molecule has 2 heterocycles. The van der Waals surface area contributed by atoms with E-state index in [9.17, 15) is 4.79 Å². The van der Waals surface area contributed by atoms with E-state index in [2.05, 4.69) is 11.0 Å². The van der Waals surface area contributed by atoms with E-state index in [1.165, 1.54) is 0 Å². The van der Waals surface area contributed by atoms with Crippen LogP contribution in [0.3, 0.4) is 0 Å². The Balaban J connectivity index is 1.76. The molecule has 3 rings (SSSR count). The van der Waals surface area contributed by atoms with E-state index in [-0.39, 0.29) is 11.9 Å². The molecule has 1 aromatic heterocycles. The second-order valence-electron chi connectivity index (χ2n) is 5.71. The Morgan fingerprint density at radius 1 is 1.26 bits per heavy atom. The SMILES string of the molecule is CCOC(=O)C1CCN(c2ccc3cccc(OC)c3n2)CC1. The van der Waals surface area contributed by atoms with Crippen LogP contribution in [0.25, 0.3) is 10.9 Å². The minimum Gasteiger partial charge on any atom is -0.494 e. The lowest BCUT2D eigenvalue weighted by Gasteiger charge is -2.31. The lowest BCUT2D eigenvalue weighted by Crippen LogP contribution is -2.37. The number of piperidine rings is 1. The van der Waals surface area contributed by atoms with E-state index >= 15 is 0 Å². The molecule has 5 heteroatoms. The van der Waals surface area contributed by atoms with Gasteiger partial charge in [0.15, 0.2) is 0 Å². The van der Waals surface area contributed by atoms with Gasteiger partial charge in [-0.3, -0.25) is 4.79 Å². The molecule has 23 heavy (non-hydrogen) atoms. The maximum atomic E-state index is 11.8. The Morgan fingerprint density at radius 2 is 2.04 bits per heavy atom. The molecule has 0 aliphatic carbocycles. The summed E-state index contributed by atoms with van der Waals surface area (Å²) in [5, 5.41) is 1.06. The van der Waals surface area contributed by atoms with Crippen LogP contribution in [0, 0.1) is 5.92 Å². The molecule has 0 unspecified atom stereocenters. The van der Waals surface area contributed by atoms with Gasteiger partial charge in [-0.05, 0) is 38.0 Å². The summed E-state index contributed by atoms with van der Waals surface area (Å²) in [6.07, 6.45) is 1.62. The van der Waals surface area contributed by atoms with Crippen LogP contribution in [0.1, 0.15) is 19.8 Å². The molecule has 0 atom stereocenters. The number of esters is 1. The van der Waals surface area contributed by atoms with Crippen molar-refractivity contribution in [1.29, 1.82) is 0 Å². The van der Waals surface area contributed by atoms with Gasteiger partial charge in [0, 0.05) is 18.5 Å². The summed E-state index contributed by atoms with van der Waals surface area (Å²) in [4.78, 5) is 18.8. The highest BCUT2D eigenvalue weighted by Crippen LogP contribution is 2.28. The molecule has 1 saturated heterocycles. The zero-order valence-corrected chi connectivity index (χ0v) is 13.6. The molecular formula is C18H22N2O3. The van der Waals surface area contributed by atoms with E-state index in [1.54, 1.807) is 7.11 Å². The first-order chi connectivity index (χ1) is 11.2. The highest BCUT2D eigenvalue weighted by atomic mass is 16.5. The fourth-order valence-electron chi connectivity index (χ4n) is 3.05. The third-order valence-corrected chi connectivity index (χ3v) is 4.33. The van der Waals surface area contributed by atoms with Gasteiger partial charge in [-0.25, -0.2) is 4.98 Å². The molecule has 0 amide bonds. The normalized spacial score (nSPS) is 15.7. The fourth-order valence-corrected chi connectivity index (χ4v) is 3.05. The molecule has 1 aliphatic rings. The third kappa shape index (κ3) is 3.23. The average molecular weight is 314 g/mol. The highest BCUT2D eigenvalue weighted by molar-refractivity contribution is 5.86. The topological polar surface area (TPSA) is 51.7 Å². The number of nitrogens with zero attached hydrogens (tertiary/aromatic N) is 2. The van der Waals surface area contributed by atoms with Crippen LogP contribution in [-0.2, 0) is 9.53 Å². The molecule has 122 valence electrons. The number of anilines is 1. The Morgan fingerprint density at radius 3 is 2.74 bits per heavy atom. The Bertz CT molecular complexity index is 694. The number of carbonyl (C=O) groups excluding carboxylic acids is 1. The van der Waals surface area contributed by atoms with Crippen LogP contribution in [0.4, 0.5) is 5.82 Å². The van der Waals surface area contributed by atoms with Gasteiger partial charge < -0.3 is 14.4 Å². The van der Waals surface area contributed by atoms with E-state index in [0.717, 1.165) is 48.4 Å². The summed E-state index contributed by atoms with van der Waals surface area (Å²) < 4.78 is 10.5. The Labute approximate surface area is 136 Å². The number of hydrogen-bond acceptors (Lipinski definition) is 5. The minimum atomic E-state index is -0.0692. The molecule has 5 nitrogen and oxygen atoms in total. The molecule has 1 aromatic carbocycles. The van der Waals surface area contributed by atoms with Gasteiger partial charge in [-0.15, -0.1) is 0 Å². The Hall–Kier alpha value is -2.30. The highest BCUT2D eigenvalue weighted by Gasteiger charge is 2.26. The lowest BCUT2D eigenvalue weighted by molar-refractivity contribution is -0.148. The van der Waals surface area contributed by atoms with Crippen LogP contribution >= 0.6 is 0 Å². The van der Waals surface area contributed by atoms with Crippen molar-refractivity contribution in [3.63, 3.8) is 0 Å². The number of hydrogen-bond donors (Lipinski definition) is 0. The van der Waals surface area contributed by atoms with Gasteiger partial charge >= 0.3 is 5.97 Å². The summed E-state index contributed by atoms with van der Waals surface area (Å²) in [6, 6.07) is 10.0. The second kappa shape index (κ2) is 6.86. The van der Waals surface area contributed by atoms with Crippen LogP contribution < -0.4 is 9.64 Å². The molecule has 2 aromatic rings. The van der Waals surface area contributed by atoms with Crippen LogP contribution in [0.2, 0.25) is 0 Å². The van der Waals surface area contributed by atoms with Crippen LogP contribution in [0.5, 0.6) is 5.75 Å². The number of para-hydroxylation sites is 1. The van der Waals surface area contributed by atoms with Gasteiger partial charge in [0.2, 0.25) is 0 Å². The Kier molecular flexibility index (Phi) is 4.65. The van der Waals surface area contributed by atoms with Gasteiger partial charge in [0.05, 0.1) is 19.6 Å². The first-order valence-electron chi connectivity index (χ1n) is 8.08. The van der Waals surface area contributed by atoms with Crippen molar-refractivity contribution in [3.05, 3.63) is 30.3 Å². The van der Waals surface area contributed by atoms with Gasteiger partial charge in [-0.1, -0.05) is 12.1 Å². The zero-order valence-electron chi connectivity index (χ0n) is 13.6. The van der Waals surface area contributed by atoms with Gasteiger partial charge in [0.25, 0.3) is 0 Å². The minimum absolute atomic E-state index is 0.0150. The maximum absolute atomic E-state index is 11.8. The number of ether oxygens (including phenoxy) is 2. The van der Waals surface area contributed by atoms with Crippen molar-refractivity contribution in [3.8, 4) is 5.75 Å². The number of methoxy groups -OCH3 is 1. The molecule has 0 bridgehead atoms. The zero-order chi connectivity index (χ0) is 16.2. The van der Waals surface area contributed by atoms with Gasteiger partial charge in [0.1, 0.15) is 17.1 Å². The van der Waals surface area contributed by atoms with Crippen molar-refractivity contribution in [2.24, 2.45) is 5.92 Å². The monoisotopic (exact) mass is 314 g/mol. The molecular weight excluding hydrogens is 292 g/mol. The number of rotatable bonds is 4. The van der Waals surface area contributed by atoms with Crippen molar-refractivity contribution in [2.45, 2.75) is 19.8 Å². The van der Waals surface area contributed by atoms with Crippen molar-refractivity contribution < 1.29 is 14.3 Å². The predicted molar refractivity (Wildman–Crippen MR) is 89.9 cm³/mol. The lowest BCUT2D eigenvalue weighted by atomic mass is 9.97. The number of benzene rings is 1. The van der Waals surface area contributed by atoms with E-state index in [0.29, 0.717) is 6.61 Å². The summed E-state index contributed by atoms with van der Waals surface area (Å²) in [5.74, 6) is 1.66. The van der Waals surface area contributed by atoms with E-state index in [4.69, 9.17) is 14.5 Å².